The lowest BCUT2D eigenvalue weighted by Crippen LogP contribution is -1.98. The van der Waals surface area contributed by atoms with Crippen LogP contribution in [0.15, 0.2) is 35.1 Å². The zero-order valence-electron chi connectivity index (χ0n) is 8.68. The quantitative estimate of drug-likeness (QED) is 0.787. The van der Waals surface area contributed by atoms with Gasteiger partial charge in [0.05, 0.1) is 21.8 Å². The predicted octanol–water partition coefficient (Wildman–Crippen LogP) is 3.55. The lowest BCUT2D eigenvalue weighted by Gasteiger charge is -1.96. The van der Waals surface area contributed by atoms with E-state index in [1.807, 2.05) is 24.3 Å². The molecule has 6 heteroatoms. The van der Waals surface area contributed by atoms with E-state index >= 15 is 0 Å². The van der Waals surface area contributed by atoms with Crippen molar-refractivity contribution in [2.75, 3.05) is 5.32 Å². The second kappa shape index (κ2) is 4.35. The first kappa shape index (κ1) is 10.6. The van der Waals surface area contributed by atoms with Gasteiger partial charge in [-0.25, -0.2) is 4.98 Å². The summed E-state index contributed by atoms with van der Waals surface area (Å²) in [6.07, 6.45) is 1.55. The monoisotopic (exact) mass is 265 g/mol. The number of fused-ring (bicyclic) bond motifs is 1. The zero-order chi connectivity index (χ0) is 11.7. The molecule has 0 unspecified atom stereocenters. The highest BCUT2D eigenvalue weighted by molar-refractivity contribution is 7.22. The summed E-state index contributed by atoms with van der Waals surface area (Å²) >= 11 is 7.62. The Labute approximate surface area is 106 Å². The summed E-state index contributed by atoms with van der Waals surface area (Å²) in [5.41, 5.74) is 1.75. The third-order valence-electron chi connectivity index (χ3n) is 2.28. The minimum atomic E-state index is 0.591. The first-order chi connectivity index (χ1) is 8.33. The number of thiazole rings is 1. The van der Waals surface area contributed by atoms with Crippen molar-refractivity contribution in [3.8, 4) is 0 Å². The minimum absolute atomic E-state index is 0.591. The standard InChI is InChI=1S/C11H8ClN3OS/c12-8-2-1-3-9-10(8)17-11(14-9)13-6-7-4-5-16-15-7/h1-5H,6H2,(H,13,14). The van der Waals surface area contributed by atoms with Gasteiger partial charge in [0.1, 0.15) is 12.0 Å². The number of nitrogens with one attached hydrogen (secondary N) is 1. The Morgan fingerprint density at radius 3 is 3.06 bits per heavy atom. The summed E-state index contributed by atoms with van der Waals surface area (Å²) in [4.78, 5) is 4.44. The fourth-order valence-corrected chi connectivity index (χ4v) is 2.64. The van der Waals surface area contributed by atoms with Crippen LogP contribution in [-0.4, -0.2) is 10.1 Å². The fraction of sp³-hybridized carbons (Fsp3) is 0.0909. The van der Waals surface area contributed by atoms with Crippen LogP contribution >= 0.6 is 22.9 Å². The first-order valence-electron chi connectivity index (χ1n) is 5.01. The Bertz CT molecular complexity index is 635. The second-order valence-corrected chi connectivity index (χ2v) is 4.86. The molecule has 1 aromatic carbocycles. The van der Waals surface area contributed by atoms with Gasteiger partial charge < -0.3 is 9.84 Å². The van der Waals surface area contributed by atoms with Crippen LogP contribution in [0.5, 0.6) is 0 Å². The molecule has 2 aromatic heterocycles. The lowest BCUT2D eigenvalue weighted by molar-refractivity contribution is 0.412. The number of aromatic nitrogens is 2. The molecular formula is C11H8ClN3OS. The van der Waals surface area contributed by atoms with Crippen LogP contribution in [0.1, 0.15) is 5.69 Å². The zero-order valence-corrected chi connectivity index (χ0v) is 10.3. The molecule has 0 fully saturated rings. The minimum Gasteiger partial charge on any atom is -0.364 e. The topological polar surface area (TPSA) is 51.0 Å². The van der Waals surface area contributed by atoms with Gasteiger partial charge in [-0.3, -0.25) is 0 Å². The van der Waals surface area contributed by atoms with Crippen molar-refractivity contribution < 1.29 is 4.52 Å². The van der Waals surface area contributed by atoms with Gasteiger partial charge in [-0.05, 0) is 12.1 Å². The molecule has 0 aliphatic rings. The Morgan fingerprint density at radius 1 is 1.35 bits per heavy atom. The van der Waals surface area contributed by atoms with Crippen molar-refractivity contribution in [1.29, 1.82) is 0 Å². The van der Waals surface area contributed by atoms with Crippen molar-refractivity contribution in [2.45, 2.75) is 6.54 Å². The maximum Gasteiger partial charge on any atom is 0.184 e. The van der Waals surface area contributed by atoms with Crippen molar-refractivity contribution >= 4 is 38.3 Å². The molecule has 0 bridgehead atoms. The molecule has 0 radical (unpaired) electrons. The van der Waals surface area contributed by atoms with E-state index in [1.165, 1.54) is 11.3 Å². The maximum absolute atomic E-state index is 6.09. The van der Waals surface area contributed by atoms with Gasteiger partial charge in [-0.1, -0.05) is 34.2 Å². The molecule has 0 atom stereocenters. The molecule has 17 heavy (non-hydrogen) atoms. The lowest BCUT2D eigenvalue weighted by atomic mass is 10.3. The summed E-state index contributed by atoms with van der Waals surface area (Å²) < 4.78 is 5.75. The van der Waals surface area contributed by atoms with E-state index in [0.717, 1.165) is 26.1 Å². The number of halogens is 1. The molecule has 3 aromatic rings. The molecule has 0 amide bonds. The molecule has 0 spiro atoms. The van der Waals surface area contributed by atoms with Crippen LogP contribution in [0, 0.1) is 0 Å². The fourth-order valence-electron chi connectivity index (χ4n) is 1.49. The highest BCUT2D eigenvalue weighted by atomic mass is 35.5. The average Bonchev–Trinajstić information content (AvgIpc) is 2.95. The highest BCUT2D eigenvalue weighted by Crippen LogP contribution is 2.31. The van der Waals surface area contributed by atoms with E-state index in [1.54, 1.807) is 6.26 Å². The molecule has 0 aliphatic heterocycles. The van der Waals surface area contributed by atoms with Crippen molar-refractivity contribution in [3.05, 3.63) is 41.2 Å². The third-order valence-corrected chi connectivity index (χ3v) is 3.77. The van der Waals surface area contributed by atoms with Crippen LogP contribution in [0.3, 0.4) is 0 Å². The van der Waals surface area contributed by atoms with Crippen molar-refractivity contribution in [2.24, 2.45) is 0 Å². The van der Waals surface area contributed by atoms with E-state index in [4.69, 9.17) is 16.1 Å². The molecule has 86 valence electrons. The smallest absolute Gasteiger partial charge is 0.184 e. The van der Waals surface area contributed by atoms with Gasteiger partial charge in [-0.2, -0.15) is 0 Å². The van der Waals surface area contributed by atoms with E-state index < -0.39 is 0 Å². The Morgan fingerprint density at radius 2 is 2.29 bits per heavy atom. The van der Waals surface area contributed by atoms with Gasteiger partial charge >= 0.3 is 0 Å². The third kappa shape index (κ3) is 2.11. The summed E-state index contributed by atoms with van der Waals surface area (Å²) in [5.74, 6) is 0. The number of benzene rings is 1. The van der Waals surface area contributed by atoms with Crippen LogP contribution in [-0.2, 0) is 6.54 Å². The molecule has 1 N–H and O–H groups in total. The molecule has 0 aliphatic carbocycles. The SMILES string of the molecule is Clc1cccc2nc(NCc3ccon3)sc12. The number of nitrogens with zero attached hydrogens (tertiary/aromatic N) is 2. The van der Waals surface area contributed by atoms with Crippen LogP contribution in [0.4, 0.5) is 5.13 Å². The maximum atomic E-state index is 6.09. The van der Waals surface area contributed by atoms with Gasteiger partial charge in [0, 0.05) is 6.07 Å². The summed E-state index contributed by atoms with van der Waals surface area (Å²) in [6.45, 7) is 0.591. The van der Waals surface area contributed by atoms with Gasteiger partial charge in [-0.15, -0.1) is 0 Å². The van der Waals surface area contributed by atoms with E-state index in [0.29, 0.717) is 6.54 Å². The molecule has 4 nitrogen and oxygen atoms in total. The van der Waals surface area contributed by atoms with Crippen LogP contribution in [0.25, 0.3) is 10.2 Å². The summed E-state index contributed by atoms with van der Waals surface area (Å²) in [6, 6.07) is 7.52. The molecule has 0 saturated heterocycles. The van der Waals surface area contributed by atoms with E-state index in [2.05, 4.69) is 15.5 Å². The number of hydrogen-bond donors (Lipinski definition) is 1. The molecule has 0 saturated carbocycles. The second-order valence-electron chi connectivity index (χ2n) is 3.45. The molecule has 2 heterocycles. The predicted molar refractivity (Wildman–Crippen MR) is 68.5 cm³/mol. The number of hydrogen-bond acceptors (Lipinski definition) is 5. The van der Waals surface area contributed by atoms with Gasteiger partial charge in [0.15, 0.2) is 5.13 Å². The van der Waals surface area contributed by atoms with Crippen molar-refractivity contribution in [3.63, 3.8) is 0 Å². The van der Waals surface area contributed by atoms with Crippen LogP contribution in [0.2, 0.25) is 5.02 Å². The average molecular weight is 266 g/mol. The van der Waals surface area contributed by atoms with E-state index in [9.17, 15) is 0 Å². The van der Waals surface area contributed by atoms with Crippen LogP contribution < -0.4 is 5.32 Å². The van der Waals surface area contributed by atoms with Crippen molar-refractivity contribution in [1.82, 2.24) is 10.1 Å². The van der Waals surface area contributed by atoms with Gasteiger partial charge in [0.2, 0.25) is 0 Å². The van der Waals surface area contributed by atoms with E-state index in [-0.39, 0.29) is 0 Å². The Hall–Kier alpha value is -1.59. The van der Waals surface area contributed by atoms with Gasteiger partial charge in [0.25, 0.3) is 0 Å². The largest absolute Gasteiger partial charge is 0.364 e. The summed E-state index contributed by atoms with van der Waals surface area (Å²) in [5, 5.41) is 8.57. The molecule has 3 rings (SSSR count). The normalized spacial score (nSPS) is 10.9. The first-order valence-corrected chi connectivity index (χ1v) is 6.20. The number of anilines is 1. The summed E-state index contributed by atoms with van der Waals surface area (Å²) in [7, 11) is 0. The Kier molecular flexibility index (Phi) is 2.70. The number of rotatable bonds is 3. The molecular weight excluding hydrogens is 258 g/mol. The highest BCUT2D eigenvalue weighted by Gasteiger charge is 2.06. The Balaban J connectivity index is 1.84.